The van der Waals surface area contributed by atoms with E-state index in [-0.39, 0.29) is 17.4 Å². The highest BCUT2D eigenvalue weighted by Crippen LogP contribution is 2.24. The molecule has 0 radical (unpaired) electrons. The summed E-state index contributed by atoms with van der Waals surface area (Å²) >= 11 is 7.18. The molecule has 7 heteroatoms. The van der Waals surface area contributed by atoms with Gasteiger partial charge in [-0.25, -0.2) is 0 Å². The molecule has 0 bridgehead atoms. The number of nitrogens with one attached hydrogen (secondary N) is 1. The topological polar surface area (TPSA) is 77.1 Å². The summed E-state index contributed by atoms with van der Waals surface area (Å²) < 4.78 is 1.86. The van der Waals surface area contributed by atoms with E-state index in [2.05, 4.69) is 5.32 Å². The van der Waals surface area contributed by atoms with Gasteiger partial charge in [0.25, 0.3) is 0 Å². The second-order valence-electron chi connectivity index (χ2n) is 4.26. The van der Waals surface area contributed by atoms with Crippen molar-refractivity contribution in [2.24, 2.45) is 5.73 Å². The highest BCUT2D eigenvalue weighted by molar-refractivity contribution is 8.00. The van der Waals surface area contributed by atoms with E-state index in [0.717, 1.165) is 5.69 Å². The zero-order valence-electron chi connectivity index (χ0n) is 11.1. The molecule has 1 aromatic heterocycles. The molecule has 0 saturated heterocycles. The molecule has 2 aromatic rings. The Bertz CT molecular complexity index is 644. The Morgan fingerprint density at radius 3 is 2.62 bits per heavy atom. The first-order valence-corrected chi connectivity index (χ1v) is 7.68. The zero-order chi connectivity index (χ0) is 15.2. The maximum absolute atomic E-state index is 11.9. The van der Waals surface area contributed by atoms with Gasteiger partial charge in [0.05, 0.1) is 22.9 Å². The molecule has 0 aliphatic heterocycles. The Morgan fingerprint density at radius 2 is 1.95 bits per heavy atom. The number of halogens is 1. The monoisotopic (exact) mass is 323 g/mol. The van der Waals surface area contributed by atoms with Crippen LogP contribution >= 0.6 is 23.4 Å². The number of rotatable bonds is 6. The summed E-state index contributed by atoms with van der Waals surface area (Å²) in [4.78, 5) is 22.5. The third-order valence-electron chi connectivity index (χ3n) is 2.59. The van der Waals surface area contributed by atoms with Gasteiger partial charge in [-0.2, -0.15) is 0 Å². The maximum Gasteiger partial charge on any atom is 0.234 e. The van der Waals surface area contributed by atoms with E-state index in [9.17, 15) is 9.59 Å². The number of hydrogen-bond acceptors (Lipinski definition) is 3. The van der Waals surface area contributed by atoms with E-state index in [4.69, 9.17) is 17.3 Å². The number of carbonyl (C=O) groups is 2. The minimum absolute atomic E-state index is 0.124. The SMILES string of the molecule is NC(=O)CSCC(=O)Nc1ccc(Cl)cc1-n1cccc1. The summed E-state index contributed by atoms with van der Waals surface area (Å²) in [6.45, 7) is 0. The van der Waals surface area contributed by atoms with Gasteiger partial charge in [0.2, 0.25) is 11.8 Å². The number of nitrogens with two attached hydrogens (primary N) is 1. The number of anilines is 1. The summed E-state index contributed by atoms with van der Waals surface area (Å²) in [5.74, 6) is -0.348. The molecule has 0 aliphatic carbocycles. The fraction of sp³-hybridized carbons (Fsp3) is 0.143. The summed E-state index contributed by atoms with van der Waals surface area (Å²) in [6, 6.07) is 8.99. The Morgan fingerprint density at radius 1 is 1.24 bits per heavy atom. The molecule has 0 spiro atoms. The Hall–Kier alpha value is -1.92. The van der Waals surface area contributed by atoms with Crippen molar-refractivity contribution in [3.63, 3.8) is 0 Å². The van der Waals surface area contributed by atoms with Crippen LogP contribution in [0.2, 0.25) is 5.02 Å². The predicted octanol–water partition coefficient (Wildman–Crippen LogP) is 2.29. The lowest BCUT2D eigenvalue weighted by molar-refractivity contribution is -0.115. The van der Waals surface area contributed by atoms with Gasteiger partial charge < -0.3 is 15.6 Å². The normalized spacial score (nSPS) is 10.3. The number of primary amides is 1. The molecular formula is C14H14ClN3O2S. The van der Waals surface area contributed by atoms with Crippen molar-refractivity contribution in [3.05, 3.63) is 47.7 Å². The quantitative estimate of drug-likeness (QED) is 0.856. The molecule has 0 fully saturated rings. The maximum atomic E-state index is 11.9. The predicted molar refractivity (Wildman–Crippen MR) is 85.9 cm³/mol. The number of carbonyl (C=O) groups excluding carboxylic acids is 2. The van der Waals surface area contributed by atoms with Crippen LogP contribution in [0.15, 0.2) is 42.7 Å². The smallest absolute Gasteiger partial charge is 0.234 e. The molecule has 0 atom stereocenters. The number of thioether (sulfide) groups is 1. The molecule has 2 amide bonds. The van der Waals surface area contributed by atoms with Crippen LogP contribution in [0.25, 0.3) is 5.69 Å². The molecule has 3 N–H and O–H groups in total. The molecule has 1 aromatic carbocycles. The zero-order valence-corrected chi connectivity index (χ0v) is 12.7. The first kappa shape index (κ1) is 15.5. The largest absolute Gasteiger partial charge is 0.369 e. The van der Waals surface area contributed by atoms with Crippen LogP contribution in [0, 0.1) is 0 Å². The van der Waals surface area contributed by atoms with Gasteiger partial charge in [-0.3, -0.25) is 9.59 Å². The van der Waals surface area contributed by atoms with Gasteiger partial charge in [0.15, 0.2) is 0 Å². The molecule has 5 nitrogen and oxygen atoms in total. The van der Waals surface area contributed by atoms with E-state index >= 15 is 0 Å². The highest BCUT2D eigenvalue weighted by atomic mass is 35.5. The first-order chi connectivity index (χ1) is 10.1. The van der Waals surface area contributed by atoms with E-state index in [1.807, 2.05) is 29.1 Å². The van der Waals surface area contributed by atoms with Crippen molar-refractivity contribution >= 4 is 40.9 Å². The van der Waals surface area contributed by atoms with Gasteiger partial charge in [-0.05, 0) is 30.3 Å². The fourth-order valence-corrected chi connectivity index (χ4v) is 2.48. The Kier molecular flexibility index (Phi) is 5.30. The fourth-order valence-electron chi connectivity index (χ4n) is 1.75. The van der Waals surface area contributed by atoms with Gasteiger partial charge in [-0.15, -0.1) is 11.8 Å². The van der Waals surface area contributed by atoms with Crippen LogP contribution in [0.1, 0.15) is 0 Å². The van der Waals surface area contributed by atoms with Crippen molar-refractivity contribution in [2.75, 3.05) is 16.8 Å². The van der Waals surface area contributed by atoms with E-state index in [1.165, 1.54) is 11.8 Å². The summed E-state index contributed by atoms with van der Waals surface area (Å²) in [5.41, 5.74) is 6.46. The second kappa shape index (κ2) is 7.19. The minimum atomic E-state index is -0.438. The van der Waals surface area contributed by atoms with E-state index in [0.29, 0.717) is 10.7 Å². The second-order valence-corrected chi connectivity index (χ2v) is 5.68. The molecule has 0 unspecified atom stereocenters. The standard InChI is InChI=1S/C14H14ClN3O2S/c15-10-3-4-11(12(7-10)18-5-1-2-6-18)17-14(20)9-21-8-13(16)19/h1-7H,8-9H2,(H2,16,19)(H,17,20). The van der Waals surface area contributed by atoms with E-state index < -0.39 is 5.91 Å². The van der Waals surface area contributed by atoms with Crippen LogP contribution in [0.5, 0.6) is 0 Å². The lowest BCUT2D eigenvalue weighted by Crippen LogP contribution is -2.19. The average molecular weight is 324 g/mol. The van der Waals surface area contributed by atoms with Gasteiger partial charge in [0, 0.05) is 17.4 Å². The van der Waals surface area contributed by atoms with Crippen molar-refractivity contribution < 1.29 is 9.59 Å². The van der Waals surface area contributed by atoms with Gasteiger partial charge in [0.1, 0.15) is 0 Å². The Labute approximate surface area is 131 Å². The van der Waals surface area contributed by atoms with E-state index in [1.54, 1.807) is 18.2 Å². The van der Waals surface area contributed by atoms with Crippen LogP contribution in [-0.4, -0.2) is 27.9 Å². The van der Waals surface area contributed by atoms with Gasteiger partial charge >= 0.3 is 0 Å². The molecule has 1 heterocycles. The summed E-state index contributed by atoms with van der Waals surface area (Å²) in [5, 5.41) is 3.39. The van der Waals surface area contributed by atoms with Crippen LogP contribution in [-0.2, 0) is 9.59 Å². The van der Waals surface area contributed by atoms with Gasteiger partial charge in [-0.1, -0.05) is 11.6 Å². The van der Waals surface area contributed by atoms with Crippen molar-refractivity contribution in [1.29, 1.82) is 0 Å². The lowest BCUT2D eigenvalue weighted by atomic mass is 10.2. The van der Waals surface area contributed by atoms with Crippen LogP contribution in [0.4, 0.5) is 5.69 Å². The number of nitrogens with zero attached hydrogens (tertiary/aromatic N) is 1. The molecule has 0 aliphatic rings. The van der Waals surface area contributed by atoms with Crippen molar-refractivity contribution in [1.82, 2.24) is 4.57 Å². The molecule has 0 saturated carbocycles. The summed E-state index contributed by atoms with van der Waals surface area (Å²) in [6.07, 6.45) is 3.73. The first-order valence-electron chi connectivity index (χ1n) is 6.15. The number of hydrogen-bond donors (Lipinski definition) is 2. The number of aromatic nitrogens is 1. The van der Waals surface area contributed by atoms with Crippen LogP contribution in [0.3, 0.4) is 0 Å². The van der Waals surface area contributed by atoms with Crippen LogP contribution < -0.4 is 11.1 Å². The molecule has 2 rings (SSSR count). The van der Waals surface area contributed by atoms with Crippen molar-refractivity contribution in [2.45, 2.75) is 0 Å². The highest BCUT2D eigenvalue weighted by Gasteiger charge is 2.09. The number of amides is 2. The van der Waals surface area contributed by atoms with Crippen molar-refractivity contribution in [3.8, 4) is 5.69 Å². The third kappa shape index (κ3) is 4.54. The molecule has 110 valence electrons. The Balaban J connectivity index is 2.09. The lowest BCUT2D eigenvalue weighted by Gasteiger charge is -2.12. The molecule has 21 heavy (non-hydrogen) atoms. The number of benzene rings is 1. The third-order valence-corrected chi connectivity index (χ3v) is 3.78. The minimum Gasteiger partial charge on any atom is -0.369 e. The molecular weight excluding hydrogens is 310 g/mol. The summed E-state index contributed by atoms with van der Waals surface area (Å²) in [7, 11) is 0. The average Bonchev–Trinajstić information content (AvgIpc) is 2.94.